The predicted octanol–water partition coefficient (Wildman–Crippen LogP) is 4.11. The molecule has 132 valence electrons. The Morgan fingerprint density at radius 1 is 1.15 bits per heavy atom. The molecule has 6 nitrogen and oxygen atoms in total. The molecule has 0 saturated carbocycles. The van der Waals surface area contributed by atoms with Crippen LogP contribution in [-0.2, 0) is 4.74 Å². The number of anilines is 2. The first-order chi connectivity index (χ1) is 12.7. The molecule has 7 heteroatoms. The number of carbonyl (C=O) groups excluding carboxylic acids is 1. The Balaban J connectivity index is 1.54. The molecule has 0 unspecified atom stereocenters. The summed E-state index contributed by atoms with van der Waals surface area (Å²) < 4.78 is 15.9. The molecule has 1 aliphatic heterocycles. The highest BCUT2D eigenvalue weighted by atomic mass is 32.1. The van der Waals surface area contributed by atoms with Crippen molar-refractivity contribution in [2.24, 2.45) is 0 Å². The maximum absolute atomic E-state index is 11.6. The van der Waals surface area contributed by atoms with E-state index in [1.807, 2.05) is 29.6 Å². The summed E-state index contributed by atoms with van der Waals surface area (Å²) in [5.41, 5.74) is 3.07. The number of benzene rings is 2. The average Bonchev–Trinajstić information content (AvgIpc) is 3.15. The highest BCUT2D eigenvalue weighted by Gasteiger charge is 2.14. The number of rotatable bonds is 4. The van der Waals surface area contributed by atoms with Crippen LogP contribution in [-0.4, -0.2) is 31.3 Å². The van der Waals surface area contributed by atoms with Crippen LogP contribution < -0.4 is 14.8 Å². The smallest absolute Gasteiger partial charge is 0.337 e. The number of fused-ring (bicyclic) bond motifs is 1. The number of thiazole rings is 1. The minimum absolute atomic E-state index is 0.371. The Bertz CT molecular complexity index is 954. The second-order valence-corrected chi connectivity index (χ2v) is 6.45. The Labute approximate surface area is 154 Å². The van der Waals surface area contributed by atoms with Crippen LogP contribution in [0.1, 0.15) is 10.4 Å². The summed E-state index contributed by atoms with van der Waals surface area (Å²) in [6.45, 7) is 1.12. The van der Waals surface area contributed by atoms with Crippen LogP contribution in [0, 0.1) is 0 Å². The van der Waals surface area contributed by atoms with Crippen LogP contribution in [0.3, 0.4) is 0 Å². The van der Waals surface area contributed by atoms with Crippen molar-refractivity contribution in [2.75, 3.05) is 25.6 Å². The monoisotopic (exact) mass is 368 g/mol. The SMILES string of the molecule is COC(=O)c1cccc(Nc2nc(-c3ccc4c(c3)OCCO4)cs2)c1. The van der Waals surface area contributed by atoms with Gasteiger partial charge in [-0.15, -0.1) is 11.3 Å². The van der Waals surface area contributed by atoms with Crippen LogP contribution in [0.15, 0.2) is 47.8 Å². The lowest BCUT2D eigenvalue weighted by molar-refractivity contribution is 0.0601. The number of ether oxygens (including phenoxy) is 3. The predicted molar refractivity (Wildman–Crippen MR) is 99.6 cm³/mol. The molecule has 1 aromatic heterocycles. The van der Waals surface area contributed by atoms with Gasteiger partial charge in [-0.25, -0.2) is 9.78 Å². The van der Waals surface area contributed by atoms with Gasteiger partial charge in [-0.1, -0.05) is 6.07 Å². The molecule has 26 heavy (non-hydrogen) atoms. The standard InChI is InChI=1S/C19H16N2O4S/c1-23-18(22)13-3-2-4-14(9-13)20-19-21-15(11-26-19)12-5-6-16-17(10-12)25-8-7-24-16/h2-6,9-11H,7-8H2,1H3,(H,20,21). The average molecular weight is 368 g/mol. The van der Waals surface area contributed by atoms with E-state index in [2.05, 4.69) is 10.3 Å². The van der Waals surface area contributed by atoms with E-state index < -0.39 is 0 Å². The van der Waals surface area contributed by atoms with Crippen LogP contribution in [0.25, 0.3) is 11.3 Å². The van der Waals surface area contributed by atoms with E-state index in [1.165, 1.54) is 18.4 Å². The number of hydrogen-bond acceptors (Lipinski definition) is 7. The fourth-order valence-corrected chi connectivity index (χ4v) is 3.37. The van der Waals surface area contributed by atoms with E-state index in [4.69, 9.17) is 14.2 Å². The second-order valence-electron chi connectivity index (χ2n) is 5.59. The number of methoxy groups -OCH3 is 1. The van der Waals surface area contributed by atoms with Gasteiger partial charge in [0.1, 0.15) is 13.2 Å². The number of nitrogens with one attached hydrogen (secondary N) is 1. The van der Waals surface area contributed by atoms with Crippen LogP contribution in [0.5, 0.6) is 11.5 Å². The molecule has 0 saturated heterocycles. The normalized spacial score (nSPS) is 12.5. The first kappa shape index (κ1) is 16.4. The van der Waals surface area contributed by atoms with Gasteiger partial charge in [0.2, 0.25) is 0 Å². The number of aromatic nitrogens is 1. The maximum atomic E-state index is 11.6. The largest absolute Gasteiger partial charge is 0.486 e. The molecule has 3 aromatic rings. The summed E-state index contributed by atoms with van der Waals surface area (Å²) >= 11 is 1.49. The number of nitrogens with zero attached hydrogens (tertiary/aromatic N) is 1. The van der Waals surface area contributed by atoms with Crippen LogP contribution in [0.4, 0.5) is 10.8 Å². The molecule has 0 amide bonds. The lowest BCUT2D eigenvalue weighted by Gasteiger charge is -2.18. The van der Waals surface area contributed by atoms with Crippen molar-refractivity contribution in [2.45, 2.75) is 0 Å². The van der Waals surface area contributed by atoms with Crippen molar-refractivity contribution in [1.29, 1.82) is 0 Å². The molecule has 0 spiro atoms. The summed E-state index contributed by atoms with van der Waals surface area (Å²) in [5.74, 6) is 1.12. The van der Waals surface area contributed by atoms with Gasteiger partial charge in [0.15, 0.2) is 16.6 Å². The molecule has 1 N–H and O–H groups in total. The third-order valence-corrected chi connectivity index (χ3v) is 4.63. The molecular formula is C19H16N2O4S. The van der Waals surface area contributed by atoms with Gasteiger partial charge >= 0.3 is 5.97 Å². The Kier molecular flexibility index (Phi) is 4.45. The van der Waals surface area contributed by atoms with E-state index in [1.54, 1.807) is 18.2 Å². The van der Waals surface area contributed by atoms with Crippen molar-refractivity contribution in [1.82, 2.24) is 4.98 Å². The van der Waals surface area contributed by atoms with Crippen molar-refractivity contribution in [3.63, 3.8) is 0 Å². The fourth-order valence-electron chi connectivity index (χ4n) is 2.63. The van der Waals surface area contributed by atoms with Crippen LogP contribution >= 0.6 is 11.3 Å². The number of esters is 1. The molecule has 0 bridgehead atoms. The summed E-state index contributed by atoms with van der Waals surface area (Å²) in [5, 5.41) is 5.92. The molecule has 2 aromatic carbocycles. The quantitative estimate of drug-likeness (QED) is 0.699. The maximum Gasteiger partial charge on any atom is 0.337 e. The molecule has 2 heterocycles. The molecular weight excluding hydrogens is 352 g/mol. The highest BCUT2D eigenvalue weighted by Crippen LogP contribution is 2.35. The van der Waals surface area contributed by atoms with Gasteiger partial charge < -0.3 is 19.5 Å². The summed E-state index contributed by atoms with van der Waals surface area (Å²) in [6, 6.07) is 12.9. The molecule has 0 fully saturated rings. The van der Waals surface area contributed by atoms with Gasteiger partial charge in [-0.3, -0.25) is 0 Å². The highest BCUT2D eigenvalue weighted by molar-refractivity contribution is 7.14. The van der Waals surface area contributed by atoms with Gasteiger partial charge in [-0.05, 0) is 36.4 Å². The zero-order chi connectivity index (χ0) is 17.9. The number of hydrogen-bond donors (Lipinski definition) is 1. The van der Waals surface area contributed by atoms with Gasteiger partial charge in [-0.2, -0.15) is 0 Å². The van der Waals surface area contributed by atoms with Gasteiger partial charge in [0.05, 0.1) is 18.4 Å². The summed E-state index contributed by atoms with van der Waals surface area (Å²) in [6.07, 6.45) is 0. The van der Waals surface area contributed by atoms with E-state index in [-0.39, 0.29) is 5.97 Å². The molecule has 0 atom stereocenters. The van der Waals surface area contributed by atoms with E-state index >= 15 is 0 Å². The molecule has 1 aliphatic rings. The summed E-state index contributed by atoms with van der Waals surface area (Å²) in [7, 11) is 1.36. The zero-order valence-electron chi connectivity index (χ0n) is 14.0. The van der Waals surface area contributed by atoms with Crippen LogP contribution in [0.2, 0.25) is 0 Å². The molecule has 0 aliphatic carbocycles. The topological polar surface area (TPSA) is 69.7 Å². The minimum atomic E-state index is -0.371. The third-order valence-electron chi connectivity index (χ3n) is 3.88. The second kappa shape index (κ2) is 7.05. The van der Waals surface area contributed by atoms with Gasteiger partial charge in [0, 0.05) is 16.6 Å². The van der Waals surface area contributed by atoms with E-state index in [9.17, 15) is 4.79 Å². The Hall–Kier alpha value is -3.06. The van der Waals surface area contributed by atoms with E-state index in [0.717, 1.165) is 33.6 Å². The Morgan fingerprint density at radius 3 is 2.85 bits per heavy atom. The van der Waals surface area contributed by atoms with Crippen molar-refractivity contribution in [3.05, 3.63) is 53.4 Å². The molecule has 0 radical (unpaired) electrons. The third kappa shape index (κ3) is 3.34. The minimum Gasteiger partial charge on any atom is -0.486 e. The van der Waals surface area contributed by atoms with Gasteiger partial charge in [0.25, 0.3) is 0 Å². The van der Waals surface area contributed by atoms with E-state index in [0.29, 0.717) is 18.8 Å². The van der Waals surface area contributed by atoms with Crippen molar-refractivity contribution in [3.8, 4) is 22.8 Å². The first-order valence-electron chi connectivity index (χ1n) is 8.04. The van der Waals surface area contributed by atoms with Crippen molar-refractivity contribution >= 4 is 28.1 Å². The first-order valence-corrected chi connectivity index (χ1v) is 8.92. The molecule has 4 rings (SSSR count). The van der Waals surface area contributed by atoms with Crippen molar-refractivity contribution < 1.29 is 19.0 Å². The fraction of sp³-hybridized carbons (Fsp3) is 0.158. The Morgan fingerprint density at radius 2 is 2.00 bits per heavy atom. The lowest BCUT2D eigenvalue weighted by Crippen LogP contribution is -2.15. The lowest BCUT2D eigenvalue weighted by atomic mass is 10.1. The number of carbonyl (C=O) groups is 1. The zero-order valence-corrected chi connectivity index (χ0v) is 14.8. The summed E-state index contributed by atoms with van der Waals surface area (Å²) in [4.78, 5) is 16.3.